The number of carbonyl (C=O) groups excluding carboxylic acids is 1. The smallest absolute Gasteiger partial charge is 0.305 e. The van der Waals surface area contributed by atoms with Gasteiger partial charge in [0.2, 0.25) is 5.89 Å². The third-order valence-corrected chi connectivity index (χ3v) is 3.60. The van der Waals surface area contributed by atoms with E-state index in [1.807, 2.05) is 17.5 Å². The summed E-state index contributed by atoms with van der Waals surface area (Å²) in [6.07, 6.45) is -0.100. The van der Waals surface area contributed by atoms with Gasteiger partial charge in [0.1, 0.15) is 5.76 Å². The summed E-state index contributed by atoms with van der Waals surface area (Å²) in [6.45, 7) is 1.80. The third kappa shape index (κ3) is 3.05. The average molecular weight is 294 g/mol. The normalized spacial score (nSPS) is 10.5. The van der Waals surface area contributed by atoms with Crippen LogP contribution in [0.4, 0.5) is 0 Å². The number of rotatable bonds is 5. The molecule has 106 valence electrons. The van der Waals surface area contributed by atoms with E-state index in [0.29, 0.717) is 11.7 Å². The summed E-state index contributed by atoms with van der Waals surface area (Å²) in [6, 6.07) is 3.73. The highest BCUT2D eigenvalue weighted by molar-refractivity contribution is 7.13. The topological polar surface area (TPSA) is 83.6 Å². The molecule has 0 aromatic carbocycles. The first-order valence-electron chi connectivity index (χ1n) is 5.97. The maximum Gasteiger partial charge on any atom is 0.305 e. The fraction of sp³-hybridized carbons (Fsp3) is 0.308. The van der Waals surface area contributed by atoms with Gasteiger partial charge in [-0.1, -0.05) is 6.07 Å². The van der Waals surface area contributed by atoms with Gasteiger partial charge < -0.3 is 14.4 Å². The van der Waals surface area contributed by atoms with Crippen LogP contribution in [0, 0.1) is 6.92 Å². The molecule has 0 spiro atoms. The molecule has 2 rings (SSSR count). The summed E-state index contributed by atoms with van der Waals surface area (Å²) in [5.74, 6) is -0.441. The Bertz CT molecular complexity index is 618. The lowest BCUT2D eigenvalue weighted by Crippen LogP contribution is -2.29. The molecule has 2 heterocycles. The molecule has 0 unspecified atom stereocenters. The van der Waals surface area contributed by atoms with Crippen molar-refractivity contribution in [3.63, 3.8) is 0 Å². The van der Waals surface area contributed by atoms with Crippen molar-refractivity contribution < 1.29 is 19.1 Å². The van der Waals surface area contributed by atoms with Crippen molar-refractivity contribution in [3.8, 4) is 10.8 Å². The molecule has 6 nitrogen and oxygen atoms in total. The molecule has 0 aliphatic carbocycles. The van der Waals surface area contributed by atoms with Crippen molar-refractivity contribution in [1.82, 2.24) is 9.88 Å². The quantitative estimate of drug-likeness (QED) is 0.914. The zero-order valence-corrected chi connectivity index (χ0v) is 11.9. The molecule has 0 radical (unpaired) electrons. The molecule has 0 saturated carbocycles. The van der Waals surface area contributed by atoms with Gasteiger partial charge in [-0.3, -0.25) is 9.59 Å². The number of hydrogen-bond donors (Lipinski definition) is 1. The number of aromatic nitrogens is 1. The minimum atomic E-state index is -0.944. The summed E-state index contributed by atoms with van der Waals surface area (Å²) in [4.78, 5) is 29.1. The summed E-state index contributed by atoms with van der Waals surface area (Å²) >= 11 is 1.47. The van der Waals surface area contributed by atoms with Gasteiger partial charge in [0.15, 0.2) is 5.69 Å². The Morgan fingerprint density at radius 3 is 2.85 bits per heavy atom. The van der Waals surface area contributed by atoms with Crippen LogP contribution in [-0.2, 0) is 4.79 Å². The maximum absolute atomic E-state index is 12.2. The molecule has 0 aliphatic rings. The van der Waals surface area contributed by atoms with E-state index in [0.717, 1.165) is 4.88 Å². The van der Waals surface area contributed by atoms with E-state index in [2.05, 4.69) is 4.98 Å². The fourth-order valence-corrected chi connectivity index (χ4v) is 2.30. The minimum Gasteiger partial charge on any atom is -0.481 e. The van der Waals surface area contributed by atoms with Gasteiger partial charge in [-0.2, -0.15) is 0 Å². The van der Waals surface area contributed by atoms with Crippen molar-refractivity contribution in [3.05, 3.63) is 29.0 Å². The van der Waals surface area contributed by atoms with Crippen LogP contribution in [0.15, 0.2) is 21.9 Å². The van der Waals surface area contributed by atoms with Crippen LogP contribution in [0.1, 0.15) is 22.7 Å². The Balaban J connectivity index is 2.16. The van der Waals surface area contributed by atoms with Gasteiger partial charge in [0.05, 0.1) is 11.3 Å². The Hall–Kier alpha value is -2.15. The van der Waals surface area contributed by atoms with Crippen molar-refractivity contribution in [1.29, 1.82) is 0 Å². The number of oxazole rings is 1. The maximum atomic E-state index is 12.2. The van der Waals surface area contributed by atoms with Crippen LogP contribution in [0.2, 0.25) is 0 Å². The molecule has 2 aromatic heterocycles. The highest BCUT2D eigenvalue weighted by Crippen LogP contribution is 2.26. The molecular formula is C13H14N2O4S. The second-order valence-electron chi connectivity index (χ2n) is 4.27. The van der Waals surface area contributed by atoms with E-state index < -0.39 is 5.97 Å². The van der Waals surface area contributed by atoms with Crippen molar-refractivity contribution in [2.24, 2.45) is 0 Å². The number of carbonyl (C=O) groups is 2. The van der Waals surface area contributed by atoms with E-state index in [4.69, 9.17) is 9.52 Å². The van der Waals surface area contributed by atoms with E-state index in [-0.39, 0.29) is 24.6 Å². The molecule has 0 bridgehead atoms. The average Bonchev–Trinajstić information content (AvgIpc) is 3.03. The van der Waals surface area contributed by atoms with Crippen LogP contribution in [0.5, 0.6) is 0 Å². The Morgan fingerprint density at radius 2 is 2.25 bits per heavy atom. The number of amides is 1. The first-order chi connectivity index (χ1) is 9.49. The molecule has 0 fully saturated rings. The summed E-state index contributed by atoms with van der Waals surface area (Å²) in [7, 11) is 1.55. The molecule has 2 aromatic rings. The Morgan fingerprint density at radius 1 is 1.50 bits per heavy atom. The van der Waals surface area contributed by atoms with E-state index in [9.17, 15) is 9.59 Å². The number of nitrogens with zero attached hydrogens (tertiary/aromatic N) is 2. The molecule has 0 aliphatic heterocycles. The molecule has 0 atom stereocenters. The Labute approximate surface area is 119 Å². The molecular weight excluding hydrogens is 280 g/mol. The number of aliphatic carboxylic acids is 1. The van der Waals surface area contributed by atoms with Crippen LogP contribution < -0.4 is 0 Å². The van der Waals surface area contributed by atoms with Gasteiger partial charge >= 0.3 is 5.97 Å². The standard InChI is InChI=1S/C13H14N2O4S/c1-8-11(13(18)15(2)6-5-10(16)17)14-12(19-8)9-4-3-7-20-9/h3-4,7H,5-6H2,1-2H3,(H,16,17). The second-order valence-corrected chi connectivity index (χ2v) is 5.22. The van der Waals surface area contributed by atoms with Gasteiger partial charge in [-0.25, -0.2) is 4.98 Å². The van der Waals surface area contributed by atoms with Gasteiger partial charge in [-0.05, 0) is 18.4 Å². The molecule has 0 saturated heterocycles. The van der Waals surface area contributed by atoms with Gasteiger partial charge in [0, 0.05) is 13.6 Å². The largest absolute Gasteiger partial charge is 0.481 e. The number of thiophene rings is 1. The van der Waals surface area contributed by atoms with E-state index >= 15 is 0 Å². The lowest BCUT2D eigenvalue weighted by Gasteiger charge is -2.14. The van der Waals surface area contributed by atoms with E-state index in [1.54, 1.807) is 14.0 Å². The second kappa shape index (κ2) is 5.87. The minimum absolute atomic E-state index is 0.100. The molecule has 20 heavy (non-hydrogen) atoms. The Kier molecular flexibility index (Phi) is 4.19. The van der Waals surface area contributed by atoms with Gasteiger partial charge in [0.25, 0.3) is 5.91 Å². The van der Waals surface area contributed by atoms with Crippen LogP contribution >= 0.6 is 11.3 Å². The van der Waals surface area contributed by atoms with Gasteiger partial charge in [-0.15, -0.1) is 11.3 Å². The van der Waals surface area contributed by atoms with Crippen LogP contribution in [0.25, 0.3) is 10.8 Å². The zero-order chi connectivity index (χ0) is 14.7. The SMILES string of the molecule is Cc1oc(-c2cccs2)nc1C(=O)N(C)CCC(=O)O. The summed E-state index contributed by atoms with van der Waals surface area (Å²) in [5, 5.41) is 10.5. The highest BCUT2D eigenvalue weighted by atomic mass is 32.1. The predicted molar refractivity (Wildman–Crippen MR) is 73.8 cm³/mol. The lowest BCUT2D eigenvalue weighted by atomic mass is 10.3. The highest BCUT2D eigenvalue weighted by Gasteiger charge is 2.21. The fourth-order valence-electron chi connectivity index (χ4n) is 1.65. The first-order valence-corrected chi connectivity index (χ1v) is 6.85. The molecule has 1 N–H and O–H groups in total. The molecule has 1 amide bonds. The number of carboxylic acid groups (broad SMARTS) is 1. The lowest BCUT2D eigenvalue weighted by molar-refractivity contribution is -0.137. The molecule has 7 heteroatoms. The number of carboxylic acids is 1. The summed E-state index contributed by atoms with van der Waals surface area (Å²) < 4.78 is 5.49. The number of aryl methyl sites for hydroxylation is 1. The number of hydrogen-bond acceptors (Lipinski definition) is 5. The van der Waals surface area contributed by atoms with Crippen molar-refractivity contribution in [2.45, 2.75) is 13.3 Å². The van der Waals surface area contributed by atoms with E-state index in [1.165, 1.54) is 16.2 Å². The van der Waals surface area contributed by atoms with Crippen LogP contribution in [-0.4, -0.2) is 40.5 Å². The van der Waals surface area contributed by atoms with Crippen LogP contribution in [0.3, 0.4) is 0 Å². The first kappa shape index (κ1) is 14.3. The monoisotopic (exact) mass is 294 g/mol. The summed E-state index contributed by atoms with van der Waals surface area (Å²) in [5.41, 5.74) is 0.223. The predicted octanol–water partition coefficient (Wildman–Crippen LogP) is 2.26. The third-order valence-electron chi connectivity index (χ3n) is 2.74. The van der Waals surface area contributed by atoms with Crippen molar-refractivity contribution >= 4 is 23.2 Å². The van der Waals surface area contributed by atoms with Crippen molar-refractivity contribution in [2.75, 3.05) is 13.6 Å². The zero-order valence-electron chi connectivity index (χ0n) is 11.1.